The van der Waals surface area contributed by atoms with Crippen molar-refractivity contribution in [1.82, 2.24) is 15.5 Å². The van der Waals surface area contributed by atoms with Crippen LogP contribution in [0.3, 0.4) is 0 Å². The SMILES string of the molecule is Cc1n[nH]c(C)c1CNCC1CCC(C)C1. The van der Waals surface area contributed by atoms with Crippen molar-refractivity contribution in [2.45, 2.75) is 46.6 Å². The van der Waals surface area contributed by atoms with E-state index in [2.05, 4.69) is 36.3 Å². The predicted octanol–water partition coefficient (Wildman–Crippen LogP) is 2.55. The van der Waals surface area contributed by atoms with Crippen LogP contribution in [-0.2, 0) is 6.54 Å². The van der Waals surface area contributed by atoms with Crippen LogP contribution in [0.5, 0.6) is 0 Å². The van der Waals surface area contributed by atoms with Gasteiger partial charge in [-0.3, -0.25) is 5.10 Å². The summed E-state index contributed by atoms with van der Waals surface area (Å²) >= 11 is 0. The fourth-order valence-electron chi connectivity index (χ4n) is 2.75. The summed E-state index contributed by atoms with van der Waals surface area (Å²) in [5.74, 6) is 1.83. The lowest BCUT2D eigenvalue weighted by Gasteiger charge is -2.11. The van der Waals surface area contributed by atoms with Gasteiger partial charge in [-0.1, -0.05) is 13.3 Å². The van der Waals surface area contributed by atoms with Crippen LogP contribution in [0.25, 0.3) is 0 Å². The Morgan fingerprint density at radius 1 is 1.38 bits per heavy atom. The molecule has 0 aliphatic heterocycles. The minimum absolute atomic E-state index is 0.891. The van der Waals surface area contributed by atoms with Crippen molar-refractivity contribution >= 4 is 0 Å². The first-order valence-corrected chi connectivity index (χ1v) is 6.38. The summed E-state index contributed by atoms with van der Waals surface area (Å²) in [5.41, 5.74) is 3.67. The maximum atomic E-state index is 4.21. The molecule has 0 radical (unpaired) electrons. The van der Waals surface area contributed by atoms with Crippen LogP contribution < -0.4 is 5.32 Å². The van der Waals surface area contributed by atoms with Crippen molar-refractivity contribution < 1.29 is 0 Å². The Morgan fingerprint density at radius 3 is 2.75 bits per heavy atom. The molecule has 1 aliphatic carbocycles. The topological polar surface area (TPSA) is 40.7 Å². The number of H-pyrrole nitrogens is 1. The average Bonchev–Trinajstić information content (AvgIpc) is 2.78. The van der Waals surface area contributed by atoms with Gasteiger partial charge in [-0.2, -0.15) is 5.10 Å². The first kappa shape index (κ1) is 11.6. The van der Waals surface area contributed by atoms with E-state index >= 15 is 0 Å². The number of nitrogens with zero attached hydrogens (tertiary/aromatic N) is 1. The monoisotopic (exact) mass is 221 g/mol. The highest BCUT2D eigenvalue weighted by atomic mass is 15.1. The molecule has 3 nitrogen and oxygen atoms in total. The first-order valence-electron chi connectivity index (χ1n) is 6.38. The highest BCUT2D eigenvalue weighted by Gasteiger charge is 2.20. The lowest BCUT2D eigenvalue weighted by atomic mass is 10.1. The van der Waals surface area contributed by atoms with Gasteiger partial charge in [-0.15, -0.1) is 0 Å². The van der Waals surface area contributed by atoms with E-state index in [9.17, 15) is 0 Å². The molecule has 2 unspecified atom stereocenters. The zero-order valence-electron chi connectivity index (χ0n) is 10.6. The molecule has 0 bridgehead atoms. The standard InChI is InChI=1S/C13H23N3/c1-9-4-5-12(6-9)7-14-8-13-10(2)15-16-11(13)3/h9,12,14H,4-8H2,1-3H3,(H,15,16). The number of aryl methyl sites for hydroxylation is 2. The zero-order chi connectivity index (χ0) is 11.5. The molecule has 1 aromatic heterocycles. The molecule has 1 heterocycles. The van der Waals surface area contributed by atoms with Crippen LogP contribution in [-0.4, -0.2) is 16.7 Å². The number of hydrogen-bond acceptors (Lipinski definition) is 2. The molecule has 1 aliphatic rings. The normalized spacial score (nSPS) is 25.2. The Balaban J connectivity index is 1.76. The third-order valence-corrected chi connectivity index (χ3v) is 3.82. The van der Waals surface area contributed by atoms with E-state index in [0.29, 0.717) is 0 Å². The molecule has 0 aromatic carbocycles. The molecule has 2 atom stereocenters. The fourth-order valence-corrected chi connectivity index (χ4v) is 2.75. The van der Waals surface area contributed by atoms with Crippen molar-refractivity contribution in [2.75, 3.05) is 6.54 Å². The van der Waals surface area contributed by atoms with Crippen molar-refractivity contribution in [1.29, 1.82) is 0 Å². The molecular formula is C13H23N3. The number of aromatic amines is 1. The number of nitrogens with one attached hydrogen (secondary N) is 2. The summed E-state index contributed by atoms with van der Waals surface area (Å²) in [6.45, 7) is 8.64. The van der Waals surface area contributed by atoms with Crippen LogP contribution in [0.15, 0.2) is 0 Å². The van der Waals surface area contributed by atoms with Crippen LogP contribution in [0.4, 0.5) is 0 Å². The van der Waals surface area contributed by atoms with E-state index in [1.54, 1.807) is 0 Å². The largest absolute Gasteiger partial charge is 0.312 e. The Bertz CT molecular complexity index is 323. The second kappa shape index (κ2) is 5.00. The quantitative estimate of drug-likeness (QED) is 0.820. The number of hydrogen-bond donors (Lipinski definition) is 2. The van der Waals surface area contributed by atoms with Gasteiger partial charge in [0.05, 0.1) is 5.69 Å². The van der Waals surface area contributed by atoms with Gasteiger partial charge in [0.2, 0.25) is 0 Å². The van der Waals surface area contributed by atoms with Crippen LogP contribution in [0.1, 0.15) is 43.1 Å². The van der Waals surface area contributed by atoms with Crippen LogP contribution in [0.2, 0.25) is 0 Å². The van der Waals surface area contributed by atoms with Crippen molar-refractivity contribution in [3.63, 3.8) is 0 Å². The van der Waals surface area contributed by atoms with Gasteiger partial charge >= 0.3 is 0 Å². The summed E-state index contributed by atoms with van der Waals surface area (Å²) in [7, 11) is 0. The first-order chi connectivity index (χ1) is 7.66. The Hall–Kier alpha value is -0.830. The molecule has 1 aromatic rings. The summed E-state index contributed by atoms with van der Waals surface area (Å²) in [5, 5.41) is 10.8. The highest BCUT2D eigenvalue weighted by Crippen LogP contribution is 2.29. The summed E-state index contributed by atoms with van der Waals surface area (Å²) in [6.07, 6.45) is 4.21. The third-order valence-electron chi connectivity index (χ3n) is 3.82. The van der Waals surface area contributed by atoms with Gasteiger partial charge in [0.25, 0.3) is 0 Å². The van der Waals surface area contributed by atoms with E-state index in [-0.39, 0.29) is 0 Å². The predicted molar refractivity (Wildman–Crippen MR) is 66.3 cm³/mol. The highest BCUT2D eigenvalue weighted by molar-refractivity contribution is 5.22. The van der Waals surface area contributed by atoms with E-state index in [1.165, 1.54) is 30.5 Å². The molecule has 16 heavy (non-hydrogen) atoms. The molecule has 0 amide bonds. The molecule has 1 saturated carbocycles. The zero-order valence-corrected chi connectivity index (χ0v) is 10.6. The summed E-state index contributed by atoms with van der Waals surface area (Å²) < 4.78 is 0. The number of aromatic nitrogens is 2. The number of rotatable bonds is 4. The average molecular weight is 221 g/mol. The lowest BCUT2D eigenvalue weighted by molar-refractivity contribution is 0.470. The lowest BCUT2D eigenvalue weighted by Crippen LogP contribution is -2.21. The van der Waals surface area contributed by atoms with E-state index in [4.69, 9.17) is 0 Å². The van der Waals surface area contributed by atoms with Crippen molar-refractivity contribution in [3.8, 4) is 0 Å². The van der Waals surface area contributed by atoms with Gasteiger partial charge in [-0.25, -0.2) is 0 Å². The van der Waals surface area contributed by atoms with Gasteiger partial charge < -0.3 is 5.32 Å². The maximum absolute atomic E-state index is 4.21. The Kier molecular flexibility index (Phi) is 3.64. The molecule has 2 rings (SSSR count). The molecule has 3 heteroatoms. The van der Waals surface area contributed by atoms with Gasteiger partial charge in [-0.05, 0) is 45.1 Å². The van der Waals surface area contributed by atoms with Crippen molar-refractivity contribution in [3.05, 3.63) is 17.0 Å². The second-order valence-corrected chi connectivity index (χ2v) is 5.33. The Morgan fingerprint density at radius 2 is 2.19 bits per heavy atom. The molecule has 90 valence electrons. The smallest absolute Gasteiger partial charge is 0.0638 e. The van der Waals surface area contributed by atoms with E-state index < -0.39 is 0 Å². The molecule has 2 N–H and O–H groups in total. The second-order valence-electron chi connectivity index (χ2n) is 5.33. The van der Waals surface area contributed by atoms with E-state index in [1.807, 2.05) is 0 Å². The Labute approximate surface area is 98.0 Å². The van der Waals surface area contributed by atoms with Crippen LogP contribution in [0, 0.1) is 25.7 Å². The minimum atomic E-state index is 0.891. The van der Waals surface area contributed by atoms with Gasteiger partial charge in [0.1, 0.15) is 0 Å². The van der Waals surface area contributed by atoms with Crippen LogP contribution >= 0.6 is 0 Å². The van der Waals surface area contributed by atoms with Crippen molar-refractivity contribution in [2.24, 2.45) is 11.8 Å². The third kappa shape index (κ3) is 2.64. The molecule has 0 saturated heterocycles. The van der Waals surface area contributed by atoms with Gasteiger partial charge in [0.15, 0.2) is 0 Å². The molecule has 0 spiro atoms. The molecule has 1 fully saturated rings. The minimum Gasteiger partial charge on any atom is -0.312 e. The fraction of sp³-hybridized carbons (Fsp3) is 0.769. The summed E-state index contributed by atoms with van der Waals surface area (Å²) in [6, 6.07) is 0. The molecular weight excluding hydrogens is 198 g/mol. The van der Waals surface area contributed by atoms with Gasteiger partial charge in [0, 0.05) is 17.8 Å². The maximum Gasteiger partial charge on any atom is 0.0638 e. The van der Waals surface area contributed by atoms with E-state index in [0.717, 1.165) is 30.6 Å². The summed E-state index contributed by atoms with van der Waals surface area (Å²) in [4.78, 5) is 0.